The number of piperazine rings is 1. The van der Waals surface area contributed by atoms with Gasteiger partial charge >= 0.3 is 0 Å². The zero-order valence-electron chi connectivity index (χ0n) is 7.25. The highest BCUT2D eigenvalue weighted by molar-refractivity contribution is 5.13. The van der Waals surface area contributed by atoms with Gasteiger partial charge in [-0.1, -0.05) is 12.2 Å². The van der Waals surface area contributed by atoms with Crippen LogP contribution in [0.2, 0.25) is 0 Å². The lowest BCUT2D eigenvalue weighted by molar-refractivity contribution is 0.165. The average molecular weight is 152 g/mol. The molecule has 1 N–H and O–H groups in total. The first-order valence-electron chi connectivity index (χ1n) is 4.44. The van der Waals surface area contributed by atoms with Crippen molar-refractivity contribution in [3.05, 3.63) is 12.2 Å². The normalized spacial score (nSPS) is 37.0. The fourth-order valence-corrected chi connectivity index (χ4v) is 1.88. The first kappa shape index (κ1) is 7.32. The summed E-state index contributed by atoms with van der Waals surface area (Å²) in [7, 11) is 0. The van der Waals surface area contributed by atoms with E-state index in [1.165, 1.54) is 13.1 Å². The molecule has 0 aromatic heterocycles. The van der Waals surface area contributed by atoms with Crippen LogP contribution < -0.4 is 5.32 Å². The summed E-state index contributed by atoms with van der Waals surface area (Å²) in [5, 5.41) is 3.52. The van der Waals surface area contributed by atoms with Gasteiger partial charge in [-0.05, 0) is 13.8 Å². The summed E-state index contributed by atoms with van der Waals surface area (Å²) >= 11 is 0. The van der Waals surface area contributed by atoms with Crippen molar-refractivity contribution in [2.75, 3.05) is 13.1 Å². The predicted octanol–water partition coefficient (Wildman–Crippen LogP) is 0.607. The van der Waals surface area contributed by atoms with Crippen molar-refractivity contribution in [2.24, 2.45) is 0 Å². The van der Waals surface area contributed by atoms with Crippen molar-refractivity contribution in [3.8, 4) is 0 Å². The van der Waals surface area contributed by atoms with E-state index in [4.69, 9.17) is 0 Å². The minimum atomic E-state index is 0.621. The average Bonchev–Trinajstić information content (AvgIpc) is 2.30. The zero-order valence-corrected chi connectivity index (χ0v) is 7.25. The molecule has 0 aromatic carbocycles. The summed E-state index contributed by atoms with van der Waals surface area (Å²) in [5.74, 6) is 0. The van der Waals surface area contributed by atoms with Gasteiger partial charge in [-0.3, -0.25) is 4.90 Å². The fraction of sp³-hybridized carbons (Fsp3) is 0.778. The molecule has 2 atom stereocenters. The first-order chi connectivity index (χ1) is 5.25. The Balaban J connectivity index is 2.01. The topological polar surface area (TPSA) is 15.3 Å². The molecule has 0 aromatic rings. The van der Waals surface area contributed by atoms with Gasteiger partial charge in [0, 0.05) is 31.2 Å². The second-order valence-corrected chi connectivity index (χ2v) is 3.81. The standard InChI is InChI=1S/C9H16N2/c1-7(2)11-5-8-3-4-9(6-11)10-8/h3-4,7-10H,5-6H2,1-2H3. The molecule has 0 radical (unpaired) electrons. The molecule has 2 bridgehead atoms. The quantitative estimate of drug-likeness (QED) is 0.554. The molecule has 0 spiro atoms. The molecule has 0 aliphatic carbocycles. The number of nitrogens with zero attached hydrogens (tertiary/aromatic N) is 1. The van der Waals surface area contributed by atoms with Crippen LogP contribution in [0.5, 0.6) is 0 Å². The Bertz CT molecular complexity index is 160. The molecule has 2 rings (SSSR count). The van der Waals surface area contributed by atoms with Crippen LogP contribution in [0.25, 0.3) is 0 Å². The van der Waals surface area contributed by atoms with Crippen LogP contribution in [0, 0.1) is 0 Å². The predicted molar refractivity (Wildman–Crippen MR) is 46.6 cm³/mol. The molecule has 1 fully saturated rings. The molecule has 11 heavy (non-hydrogen) atoms. The van der Waals surface area contributed by atoms with Crippen molar-refractivity contribution < 1.29 is 0 Å². The summed E-state index contributed by atoms with van der Waals surface area (Å²) in [5.41, 5.74) is 0. The highest BCUT2D eigenvalue weighted by atomic mass is 15.2. The highest BCUT2D eigenvalue weighted by Crippen LogP contribution is 2.14. The lowest BCUT2D eigenvalue weighted by Gasteiger charge is -2.35. The van der Waals surface area contributed by atoms with Gasteiger partial charge in [-0.25, -0.2) is 0 Å². The first-order valence-corrected chi connectivity index (χ1v) is 4.44. The number of fused-ring (bicyclic) bond motifs is 2. The third-order valence-corrected chi connectivity index (χ3v) is 2.60. The Morgan fingerprint density at radius 1 is 1.27 bits per heavy atom. The van der Waals surface area contributed by atoms with Crippen molar-refractivity contribution in [2.45, 2.75) is 32.0 Å². The molecule has 2 aliphatic heterocycles. The van der Waals surface area contributed by atoms with Gasteiger partial charge in [0.15, 0.2) is 0 Å². The molecule has 2 aliphatic rings. The second-order valence-electron chi connectivity index (χ2n) is 3.81. The maximum atomic E-state index is 3.52. The minimum Gasteiger partial charge on any atom is -0.302 e. The van der Waals surface area contributed by atoms with Crippen LogP contribution in [0.15, 0.2) is 12.2 Å². The van der Waals surface area contributed by atoms with Gasteiger partial charge < -0.3 is 5.32 Å². The van der Waals surface area contributed by atoms with Crippen LogP contribution in [-0.4, -0.2) is 36.1 Å². The summed E-state index contributed by atoms with van der Waals surface area (Å²) in [6.07, 6.45) is 4.60. The molecule has 1 saturated heterocycles. The molecular weight excluding hydrogens is 136 g/mol. The highest BCUT2D eigenvalue weighted by Gasteiger charge is 2.28. The molecule has 62 valence electrons. The van der Waals surface area contributed by atoms with Gasteiger partial charge in [0.2, 0.25) is 0 Å². The van der Waals surface area contributed by atoms with Crippen molar-refractivity contribution in [1.29, 1.82) is 0 Å². The van der Waals surface area contributed by atoms with E-state index in [0.717, 1.165) is 0 Å². The van der Waals surface area contributed by atoms with E-state index in [1.54, 1.807) is 0 Å². The van der Waals surface area contributed by atoms with Crippen LogP contribution in [-0.2, 0) is 0 Å². The van der Waals surface area contributed by atoms with E-state index >= 15 is 0 Å². The number of hydrogen-bond acceptors (Lipinski definition) is 2. The summed E-state index contributed by atoms with van der Waals surface area (Å²) in [6.45, 7) is 6.91. The lowest BCUT2D eigenvalue weighted by atomic mass is 10.2. The maximum Gasteiger partial charge on any atom is 0.0384 e. The van der Waals surface area contributed by atoms with Gasteiger partial charge in [0.25, 0.3) is 0 Å². The molecule has 2 heterocycles. The smallest absolute Gasteiger partial charge is 0.0384 e. The van der Waals surface area contributed by atoms with Crippen LogP contribution >= 0.6 is 0 Å². The zero-order chi connectivity index (χ0) is 7.84. The Kier molecular flexibility index (Phi) is 1.74. The van der Waals surface area contributed by atoms with E-state index < -0.39 is 0 Å². The van der Waals surface area contributed by atoms with Gasteiger partial charge in [-0.2, -0.15) is 0 Å². The van der Waals surface area contributed by atoms with Gasteiger partial charge in [-0.15, -0.1) is 0 Å². The molecular formula is C9H16N2. The largest absolute Gasteiger partial charge is 0.302 e. The second kappa shape index (κ2) is 2.61. The summed E-state index contributed by atoms with van der Waals surface area (Å²) < 4.78 is 0. The number of nitrogens with one attached hydrogen (secondary N) is 1. The van der Waals surface area contributed by atoms with E-state index in [2.05, 4.69) is 36.2 Å². The maximum absolute atomic E-state index is 3.52. The van der Waals surface area contributed by atoms with E-state index in [9.17, 15) is 0 Å². The number of hydrogen-bond donors (Lipinski definition) is 1. The van der Waals surface area contributed by atoms with E-state index in [1.807, 2.05) is 0 Å². The van der Waals surface area contributed by atoms with Gasteiger partial charge in [0.1, 0.15) is 0 Å². The SMILES string of the molecule is CC(C)N1CC2C=CC(C1)N2. The Morgan fingerprint density at radius 2 is 1.82 bits per heavy atom. The Hall–Kier alpha value is -0.340. The molecule has 2 nitrogen and oxygen atoms in total. The molecule has 2 unspecified atom stereocenters. The van der Waals surface area contributed by atoms with Crippen LogP contribution in [0.3, 0.4) is 0 Å². The minimum absolute atomic E-state index is 0.621. The van der Waals surface area contributed by atoms with E-state index in [-0.39, 0.29) is 0 Å². The third-order valence-electron chi connectivity index (χ3n) is 2.60. The van der Waals surface area contributed by atoms with Crippen LogP contribution in [0.4, 0.5) is 0 Å². The Labute approximate surface area is 68.3 Å². The summed E-state index contributed by atoms with van der Waals surface area (Å²) in [4.78, 5) is 2.53. The van der Waals surface area contributed by atoms with E-state index in [0.29, 0.717) is 18.1 Å². The lowest BCUT2D eigenvalue weighted by Crippen LogP contribution is -2.53. The fourth-order valence-electron chi connectivity index (χ4n) is 1.88. The molecule has 0 amide bonds. The molecule has 2 heteroatoms. The number of rotatable bonds is 1. The molecule has 0 saturated carbocycles. The Morgan fingerprint density at radius 3 is 2.27 bits per heavy atom. The summed E-state index contributed by atoms with van der Waals surface area (Å²) in [6, 6.07) is 1.94. The van der Waals surface area contributed by atoms with Crippen molar-refractivity contribution in [3.63, 3.8) is 0 Å². The van der Waals surface area contributed by atoms with Crippen LogP contribution in [0.1, 0.15) is 13.8 Å². The van der Waals surface area contributed by atoms with Crippen molar-refractivity contribution in [1.82, 2.24) is 10.2 Å². The third kappa shape index (κ3) is 1.33. The van der Waals surface area contributed by atoms with Gasteiger partial charge in [0.05, 0.1) is 0 Å². The van der Waals surface area contributed by atoms with Crippen molar-refractivity contribution >= 4 is 0 Å². The monoisotopic (exact) mass is 152 g/mol.